The Bertz CT molecular complexity index is 1540. The number of carbonyl (C=O) groups excluding carboxylic acids is 1. The molecule has 0 atom stereocenters. The number of H-pyrrole nitrogens is 1. The number of nitrogens with one attached hydrogen (secondary N) is 3. The van der Waals surface area contributed by atoms with E-state index >= 15 is 0 Å². The van der Waals surface area contributed by atoms with Crippen LogP contribution in [0.3, 0.4) is 0 Å². The number of imidazole rings is 1. The lowest BCUT2D eigenvalue weighted by molar-refractivity contribution is -0.113. The summed E-state index contributed by atoms with van der Waals surface area (Å²) in [5.74, 6) is 6.81. The first kappa shape index (κ1) is 27.2. The second-order valence-electron chi connectivity index (χ2n) is 9.70. The van der Waals surface area contributed by atoms with E-state index in [1.807, 2.05) is 32.0 Å². The molecule has 200 valence electrons. The van der Waals surface area contributed by atoms with Crippen molar-refractivity contribution in [3.63, 3.8) is 0 Å². The average Bonchev–Trinajstić information content (AvgIpc) is 3.42. The Morgan fingerprint density at radius 3 is 2.77 bits per heavy atom. The number of thioether (sulfide) groups is 1. The highest BCUT2D eigenvalue weighted by Crippen LogP contribution is 2.41. The molecule has 1 aliphatic rings. The van der Waals surface area contributed by atoms with E-state index in [9.17, 15) is 4.79 Å². The second-order valence-corrected chi connectivity index (χ2v) is 11.5. The zero-order valence-electron chi connectivity index (χ0n) is 21.3. The number of hydrogen-bond donors (Lipinski definition) is 3. The van der Waals surface area contributed by atoms with E-state index < -0.39 is 5.54 Å². The van der Waals surface area contributed by atoms with Gasteiger partial charge in [-0.15, -0.1) is 5.10 Å². The summed E-state index contributed by atoms with van der Waals surface area (Å²) in [4.78, 5) is 19.7. The number of aromatic amines is 1. The summed E-state index contributed by atoms with van der Waals surface area (Å²) in [6.07, 6.45) is 5.80. The van der Waals surface area contributed by atoms with Gasteiger partial charge in [-0.3, -0.25) is 10.1 Å². The Morgan fingerprint density at radius 2 is 2.05 bits per heavy atom. The van der Waals surface area contributed by atoms with Gasteiger partial charge >= 0.3 is 0 Å². The summed E-state index contributed by atoms with van der Waals surface area (Å²) in [5, 5.41) is 19.5. The lowest BCUT2D eigenvalue weighted by atomic mass is 10.1. The third-order valence-corrected chi connectivity index (χ3v) is 7.59. The second kappa shape index (κ2) is 11.8. The molecule has 0 saturated heterocycles. The van der Waals surface area contributed by atoms with Crippen molar-refractivity contribution < 1.29 is 4.79 Å². The van der Waals surface area contributed by atoms with Crippen molar-refractivity contribution >= 4 is 46.6 Å². The molecule has 1 saturated carbocycles. The average molecular weight is 582 g/mol. The summed E-state index contributed by atoms with van der Waals surface area (Å²) in [6.45, 7) is 4.62. The van der Waals surface area contributed by atoms with Crippen LogP contribution in [0.2, 0.25) is 10.0 Å². The normalized spacial score (nSPS) is 13.1. The SMILES string of the molecule is CC(C)(C#Cc1ccc(NC(=O)CSc2nnnn2-c2ccc(C3CC3)cc2Cl)c(Cl)c1)NCc1cnc[nH]1. The molecule has 2 aromatic carbocycles. The minimum absolute atomic E-state index is 0.0895. The molecule has 0 radical (unpaired) electrons. The molecule has 1 fully saturated rings. The third-order valence-electron chi connectivity index (χ3n) is 6.06. The molecule has 5 rings (SSSR count). The van der Waals surface area contributed by atoms with E-state index in [4.69, 9.17) is 23.2 Å². The van der Waals surface area contributed by atoms with Crippen molar-refractivity contribution in [3.8, 4) is 17.5 Å². The number of tetrazole rings is 1. The zero-order chi connectivity index (χ0) is 27.4. The van der Waals surface area contributed by atoms with Crippen LogP contribution in [0.25, 0.3) is 5.69 Å². The highest BCUT2D eigenvalue weighted by atomic mass is 35.5. The number of aromatic nitrogens is 6. The Hall–Kier alpha value is -3.36. The van der Waals surface area contributed by atoms with Crippen molar-refractivity contribution in [2.45, 2.75) is 49.8 Å². The number of amides is 1. The predicted octanol–water partition coefficient (Wildman–Crippen LogP) is 5.22. The Labute approximate surface area is 240 Å². The van der Waals surface area contributed by atoms with Gasteiger partial charge in [0.1, 0.15) is 0 Å². The molecule has 12 heteroatoms. The number of carbonyl (C=O) groups is 1. The van der Waals surface area contributed by atoms with E-state index in [2.05, 4.69) is 54.0 Å². The molecule has 4 aromatic rings. The van der Waals surface area contributed by atoms with Crippen molar-refractivity contribution in [1.82, 2.24) is 35.5 Å². The molecule has 1 aliphatic carbocycles. The Morgan fingerprint density at radius 1 is 1.21 bits per heavy atom. The highest BCUT2D eigenvalue weighted by molar-refractivity contribution is 7.99. The molecule has 3 N–H and O–H groups in total. The quantitative estimate of drug-likeness (QED) is 0.184. The molecule has 2 heterocycles. The molecular weight excluding hydrogens is 555 g/mol. The van der Waals surface area contributed by atoms with Crippen LogP contribution in [-0.2, 0) is 11.3 Å². The Balaban J connectivity index is 1.17. The number of anilines is 1. The van der Waals surface area contributed by atoms with Gasteiger partial charge in [0.2, 0.25) is 11.1 Å². The van der Waals surface area contributed by atoms with E-state index in [1.165, 1.54) is 30.2 Å². The van der Waals surface area contributed by atoms with Gasteiger partial charge < -0.3 is 10.3 Å². The summed E-state index contributed by atoms with van der Waals surface area (Å²) >= 11 is 14.2. The van der Waals surface area contributed by atoms with Gasteiger partial charge in [0.15, 0.2) is 0 Å². The largest absolute Gasteiger partial charge is 0.347 e. The van der Waals surface area contributed by atoms with E-state index in [0.29, 0.717) is 39.0 Å². The molecule has 0 bridgehead atoms. The number of nitrogens with zero attached hydrogens (tertiary/aromatic N) is 5. The maximum atomic E-state index is 12.7. The van der Waals surface area contributed by atoms with Crippen LogP contribution in [0.5, 0.6) is 0 Å². The van der Waals surface area contributed by atoms with Crippen LogP contribution in [0, 0.1) is 11.8 Å². The molecule has 9 nitrogen and oxygen atoms in total. The van der Waals surface area contributed by atoms with Crippen molar-refractivity contribution in [2.24, 2.45) is 0 Å². The number of benzene rings is 2. The number of rotatable bonds is 9. The molecule has 0 unspecified atom stereocenters. The Kier molecular flexibility index (Phi) is 8.23. The minimum atomic E-state index is -0.430. The highest BCUT2D eigenvalue weighted by Gasteiger charge is 2.24. The van der Waals surface area contributed by atoms with Crippen LogP contribution in [0.4, 0.5) is 5.69 Å². The molecular formula is C27H26Cl2N8OS. The fraction of sp³-hybridized carbons (Fsp3) is 0.296. The van der Waals surface area contributed by atoms with Crippen molar-refractivity contribution in [2.75, 3.05) is 11.1 Å². The fourth-order valence-electron chi connectivity index (χ4n) is 3.77. The van der Waals surface area contributed by atoms with Gasteiger partial charge in [0.05, 0.1) is 39.0 Å². The van der Waals surface area contributed by atoms with E-state index in [0.717, 1.165) is 11.3 Å². The first-order valence-corrected chi connectivity index (χ1v) is 14.1. The minimum Gasteiger partial charge on any atom is -0.347 e. The van der Waals surface area contributed by atoms with Gasteiger partial charge in [-0.2, -0.15) is 4.68 Å². The van der Waals surface area contributed by atoms with Gasteiger partial charge in [0.25, 0.3) is 0 Å². The smallest absolute Gasteiger partial charge is 0.234 e. The van der Waals surface area contributed by atoms with E-state index in [-0.39, 0.29) is 11.7 Å². The van der Waals surface area contributed by atoms with Gasteiger partial charge in [0, 0.05) is 24.0 Å². The predicted molar refractivity (Wildman–Crippen MR) is 153 cm³/mol. The van der Waals surface area contributed by atoms with Crippen LogP contribution in [-0.4, -0.2) is 47.4 Å². The van der Waals surface area contributed by atoms with Crippen molar-refractivity contribution in [1.29, 1.82) is 0 Å². The van der Waals surface area contributed by atoms with Crippen LogP contribution < -0.4 is 10.6 Å². The summed E-state index contributed by atoms with van der Waals surface area (Å²) in [6, 6.07) is 11.2. The van der Waals surface area contributed by atoms with Crippen molar-refractivity contribution in [3.05, 3.63) is 75.8 Å². The molecule has 2 aromatic heterocycles. The first-order valence-electron chi connectivity index (χ1n) is 12.3. The third kappa shape index (κ3) is 7.19. The maximum Gasteiger partial charge on any atom is 0.234 e. The zero-order valence-corrected chi connectivity index (χ0v) is 23.7. The lowest BCUT2D eigenvalue weighted by Gasteiger charge is -2.19. The number of halogens is 2. The molecule has 0 aliphatic heterocycles. The molecule has 39 heavy (non-hydrogen) atoms. The first-order chi connectivity index (χ1) is 18.8. The van der Waals surface area contributed by atoms with E-state index in [1.54, 1.807) is 29.3 Å². The van der Waals surface area contributed by atoms with Crippen LogP contribution in [0.15, 0.2) is 54.1 Å². The molecule has 1 amide bonds. The summed E-state index contributed by atoms with van der Waals surface area (Å²) < 4.78 is 1.54. The lowest BCUT2D eigenvalue weighted by Crippen LogP contribution is -2.37. The van der Waals surface area contributed by atoms with Gasteiger partial charge in [-0.1, -0.05) is 52.9 Å². The standard InChI is InChI=1S/C27H26Cl2N8OS/c1-27(2,32-14-20-13-30-16-31-20)10-9-17-3-7-23(21(28)11-17)33-25(38)15-39-26-34-35-36-37(26)24-8-6-19(12-22(24)29)18-4-5-18/h3,6-8,11-13,16,18,32H,4-5,14-15H2,1-2H3,(H,30,31)(H,33,38). The molecule has 0 spiro atoms. The van der Waals surface area contributed by atoms with Gasteiger partial charge in [-0.25, -0.2) is 4.98 Å². The topological polar surface area (TPSA) is 113 Å². The summed E-state index contributed by atoms with van der Waals surface area (Å²) in [5.41, 5.74) is 3.70. The number of hydrogen-bond acceptors (Lipinski definition) is 7. The van der Waals surface area contributed by atoms with Gasteiger partial charge in [-0.05, 0) is 78.9 Å². The monoisotopic (exact) mass is 580 g/mol. The maximum absolute atomic E-state index is 12.7. The fourth-order valence-corrected chi connectivity index (χ4v) is 4.95. The van der Waals surface area contributed by atoms with Crippen LogP contribution >= 0.6 is 35.0 Å². The van der Waals surface area contributed by atoms with Crippen LogP contribution in [0.1, 0.15) is 49.4 Å². The summed E-state index contributed by atoms with van der Waals surface area (Å²) in [7, 11) is 0.